The smallest absolute Gasteiger partial charge is 0.258 e. The number of amides is 2. The van der Waals surface area contributed by atoms with Crippen LogP contribution in [0.5, 0.6) is 5.75 Å². The maximum Gasteiger partial charge on any atom is 0.258 e. The Morgan fingerprint density at radius 3 is 2.58 bits per heavy atom. The summed E-state index contributed by atoms with van der Waals surface area (Å²) in [6.45, 7) is 2.34. The van der Waals surface area contributed by atoms with Gasteiger partial charge in [0.05, 0.1) is 19.4 Å². The Morgan fingerprint density at radius 2 is 1.83 bits per heavy atom. The number of carbonyl (C=O) groups is 2. The van der Waals surface area contributed by atoms with Crippen molar-refractivity contribution in [3.8, 4) is 5.75 Å². The van der Waals surface area contributed by atoms with Crippen LogP contribution < -0.4 is 15.5 Å². The van der Waals surface area contributed by atoms with Gasteiger partial charge >= 0.3 is 0 Å². The van der Waals surface area contributed by atoms with Gasteiger partial charge in [0.2, 0.25) is 0 Å². The van der Waals surface area contributed by atoms with Crippen LogP contribution in [0.15, 0.2) is 47.6 Å². The molecule has 1 heterocycles. The average Bonchev–Trinajstić information content (AvgIpc) is 2.61. The number of hydrogen-bond donors (Lipinski definition) is 1. The topological polar surface area (TPSA) is 81.9 Å². The molecule has 0 aromatic heterocycles. The Hall–Kier alpha value is -3.15. The first kappa shape index (κ1) is 15.7. The van der Waals surface area contributed by atoms with Crippen LogP contribution in [0, 0.1) is 0 Å². The van der Waals surface area contributed by atoms with Gasteiger partial charge in [0.25, 0.3) is 11.8 Å². The zero-order valence-corrected chi connectivity index (χ0v) is 13.4. The van der Waals surface area contributed by atoms with E-state index in [4.69, 9.17) is 4.74 Å². The van der Waals surface area contributed by atoms with Gasteiger partial charge in [-0.2, -0.15) is 10.5 Å². The van der Waals surface area contributed by atoms with Crippen molar-refractivity contribution in [1.29, 1.82) is 0 Å². The molecule has 0 aliphatic carbocycles. The predicted molar refractivity (Wildman–Crippen MR) is 89.3 cm³/mol. The predicted octanol–water partition coefficient (Wildman–Crippen LogP) is 2.11. The van der Waals surface area contributed by atoms with E-state index in [0.717, 1.165) is 16.8 Å². The number of nitrogens with one attached hydrogen (secondary N) is 1. The lowest BCUT2D eigenvalue weighted by atomic mass is 9.99. The molecular formula is C18H16N3O3. The molecular weight excluding hydrogens is 306 g/mol. The number of rotatable bonds is 3. The van der Waals surface area contributed by atoms with Crippen LogP contribution in [0.2, 0.25) is 0 Å². The van der Waals surface area contributed by atoms with Gasteiger partial charge in [0.15, 0.2) is 0 Å². The third kappa shape index (κ3) is 3.12. The number of nitrogens with zero attached hydrogens (tertiary/aromatic N) is 2. The van der Waals surface area contributed by atoms with E-state index in [2.05, 4.69) is 15.8 Å². The van der Waals surface area contributed by atoms with Gasteiger partial charge in [-0.25, -0.2) is 0 Å². The van der Waals surface area contributed by atoms with Crippen LogP contribution in [0.3, 0.4) is 0 Å². The molecule has 6 heteroatoms. The van der Waals surface area contributed by atoms with Crippen molar-refractivity contribution in [2.75, 3.05) is 7.11 Å². The van der Waals surface area contributed by atoms with Crippen molar-refractivity contribution in [3.05, 3.63) is 64.7 Å². The summed E-state index contributed by atoms with van der Waals surface area (Å²) >= 11 is 0. The number of hydrogen-bond acceptors (Lipinski definition) is 4. The minimum Gasteiger partial charge on any atom is -0.497 e. The highest BCUT2D eigenvalue weighted by atomic mass is 16.5. The molecule has 1 radical (unpaired) electrons. The van der Waals surface area contributed by atoms with Crippen molar-refractivity contribution in [1.82, 2.24) is 10.7 Å². The zero-order valence-electron chi connectivity index (χ0n) is 13.4. The zero-order chi connectivity index (χ0) is 17.1. The fraction of sp³-hybridized carbons (Fsp3) is 0.167. The van der Waals surface area contributed by atoms with Gasteiger partial charge in [-0.1, -0.05) is 12.1 Å². The molecule has 1 aliphatic heterocycles. The van der Waals surface area contributed by atoms with E-state index in [1.807, 2.05) is 13.0 Å². The summed E-state index contributed by atoms with van der Waals surface area (Å²) in [5.74, 6) is -0.377. The quantitative estimate of drug-likeness (QED) is 0.879. The molecule has 0 spiro atoms. The Kier molecular flexibility index (Phi) is 4.29. The lowest BCUT2D eigenvalue weighted by molar-refractivity contribution is 0.0849. The van der Waals surface area contributed by atoms with Crippen molar-refractivity contribution in [3.63, 3.8) is 0 Å². The number of benzene rings is 2. The van der Waals surface area contributed by atoms with Gasteiger partial charge in [-0.15, -0.1) is 0 Å². The minimum absolute atomic E-state index is 0.359. The second-order valence-electron chi connectivity index (χ2n) is 5.37. The van der Waals surface area contributed by atoms with E-state index >= 15 is 0 Å². The molecule has 1 aliphatic rings. The molecule has 0 fully saturated rings. The number of imide groups is 1. The molecule has 2 aromatic rings. The molecule has 121 valence electrons. The van der Waals surface area contributed by atoms with E-state index < -0.39 is 11.8 Å². The third-order valence-electron chi connectivity index (χ3n) is 3.78. The largest absolute Gasteiger partial charge is 0.497 e. The van der Waals surface area contributed by atoms with Gasteiger partial charge in [0.1, 0.15) is 5.75 Å². The minimum atomic E-state index is -0.475. The van der Waals surface area contributed by atoms with Crippen LogP contribution in [0.4, 0.5) is 0 Å². The lowest BCUT2D eigenvalue weighted by Crippen LogP contribution is -2.30. The normalized spacial score (nSPS) is 12.5. The summed E-state index contributed by atoms with van der Waals surface area (Å²) in [6.07, 6.45) is 0. The monoisotopic (exact) mass is 322 g/mol. The van der Waals surface area contributed by atoms with Crippen molar-refractivity contribution >= 4 is 17.5 Å². The Morgan fingerprint density at radius 1 is 1.08 bits per heavy atom. The summed E-state index contributed by atoms with van der Waals surface area (Å²) in [5.41, 5.74) is 7.41. The van der Waals surface area contributed by atoms with E-state index in [9.17, 15) is 9.59 Å². The van der Waals surface area contributed by atoms with Crippen LogP contribution in [0.25, 0.3) is 0 Å². The standard InChI is InChI=1S/C18H16N3O3/c1-11-16-9-13(6-7-14(16)10-19-21-11)18(23)20-17(22)12-4-3-5-15(8-12)24-2/h3-9H,10H2,1-2H3,(H,20,22,23). The van der Waals surface area contributed by atoms with E-state index in [1.54, 1.807) is 36.4 Å². The third-order valence-corrected chi connectivity index (χ3v) is 3.78. The van der Waals surface area contributed by atoms with Gasteiger partial charge in [-0.05, 0) is 42.8 Å². The van der Waals surface area contributed by atoms with Crippen molar-refractivity contribution in [2.45, 2.75) is 13.5 Å². The molecule has 3 rings (SSSR count). The summed E-state index contributed by atoms with van der Waals surface area (Å²) in [4.78, 5) is 24.6. The summed E-state index contributed by atoms with van der Waals surface area (Å²) in [7, 11) is 1.52. The van der Waals surface area contributed by atoms with E-state index in [-0.39, 0.29) is 0 Å². The van der Waals surface area contributed by atoms with Crippen LogP contribution in [0.1, 0.15) is 38.8 Å². The van der Waals surface area contributed by atoms with Gasteiger partial charge in [0, 0.05) is 16.7 Å². The molecule has 0 bridgehead atoms. The molecule has 0 saturated carbocycles. The Labute approximate surface area is 139 Å². The SMILES string of the molecule is COc1cccc(C(=O)NC(=O)c2ccc3c(c2)C(C)=N[N]C3)c1. The molecule has 0 saturated heterocycles. The lowest BCUT2D eigenvalue weighted by Gasteiger charge is -2.14. The second kappa shape index (κ2) is 6.54. The average molecular weight is 322 g/mol. The van der Waals surface area contributed by atoms with Crippen LogP contribution >= 0.6 is 0 Å². The first-order valence-electron chi connectivity index (χ1n) is 7.42. The molecule has 0 atom stereocenters. The number of ether oxygens (including phenoxy) is 1. The molecule has 24 heavy (non-hydrogen) atoms. The maximum atomic E-state index is 12.3. The summed E-state index contributed by atoms with van der Waals surface area (Å²) < 4.78 is 5.08. The fourth-order valence-electron chi connectivity index (χ4n) is 2.48. The maximum absolute atomic E-state index is 12.3. The molecule has 2 aromatic carbocycles. The van der Waals surface area contributed by atoms with Gasteiger partial charge in [-0.3, -0.25) is 14.9 Å². The molecule has 2 amide bonds. The fourth-order valence-corrected chi connectivity index (χ4v) is 2.48. The first-order valence-corrected chi connectivity index (χ1v) is 7.42. The highest BCUT2D eigenvalue weighted by Crippen LogP contribution is 2.17. The highest BCUT2D eigenvalue weighted by molar-refractivity contribution is 6.11. The number of fused-ring (bicyclic) bond motifs is 1. The molecule has 1 N–H and O–H groups in total. The molecule has 0 unspecified atom stereocenters. The first-order chi connectivity index (χ1) is 11.6. The van der Waals surface area contributed by atoms with Gasteiger partial charge < -0.3 is 4.74 Å². The van der Waals surface area contributed by atoms with Crippen LogP contribution in [-0.2, 0) is 6.54 Å². The molecule has 6 nitrogen and oxygen atoms in total. The van der Waals surface area contributed by atoms with Crippen LogP contribution in [-0.4, -0.2) is 24.6 Å². The summed E-state index contributed by atoms with van der Waals surface area (Å²) in [6, 6.07) is 11.9. The summed E-state index contributed by atoms with van der Waals surface area (Å²) in [5, 5.41) is 6.42. The Balaban J connectivity index is 1.79. The van der Waals surface area contributed by atoms with E-state index in [0.29, 0.717) is 23.4 Å². The van der Waals surface area contributed by atoms with E-state index in [1.165, 1.54) is 7.11 Å². The highest BCUT2D eigenvalue weighted by Gasteiger charge is 2.17. The Bertz CT molecular complexity index is 843. The number of carbonyl (C=O) groups excluding carboxylic acids is 2. The van der Waals surface area contributed by atoms with Crippen molar-refractivity contribution in [2.24, 2.45) is 5.10 Å². The second-order valence-corrected chi connectivity index (χ2v) is 5.37. The number of methoxy groups -OCH3 is 1. The van der Waals surface area contributed by atoms with Crippen molar-refractivity contribution < 1.29 is 14.3 Å².